The highest BCUT2D eigenvalue weighted by Gasteiger charge is 2.14. The summed E-state index contributed by atoms with van der Waals surface area (Å²) < 4.78 is 10.5. The average molecular weight is 189 g/mol. The summed E-state index contributed by atoms with van der Waals surface area (Å²) in [5.41, 5.74) is 0.265. The van der Waals surface area contributed by atoms with E-state index >= 15 is 0 Å². The Kier molecular flexibility index (Phi) is 2.47. The first kappa shape index (κ1) is 9.19. The van der Waals surface area contributed by atoms with Crippen LogP contribution in [0, 0.1) is 0 Å². The SMILES string of the molecule is O=P(O)(O)Cc1ccc(O)cn1. The molecule has 0 aromatic carbocycles. The van der Waals surface area contributed by atoms with Crippen LogP contribution in [0.25, 0.3) is 0 Å². The number of aromatic hydroxyl groups is 1. The molecule has 5 nitrogen and oxygen atoms in total. The average Bonchev–Trinajstić information content (AvgIpc) is 1.91. The first-order valence-corrected chi connectivity index (χ1v) is 4.95. The standard InChI is InChI=1S/C6H8NO4P/c8-6-2-1-5(7-3-6)4-12(9,10)11/h1-3,8H,4H2,(H2,9,10,11). The minimum Gasteiger partial charge on any atom is -0.506 e. The Morgan fingerprint density at radius 2 is 2.08 bits per heavy atom. The molecular weight excluding hydrogens is 181 g/mol. The van der Waals surface area contributed by atoms with Crippen molar-refractivity contribution in [2.75, 3.05) is 0 Å². The Labute approximate surface area is 68.9 Å². The molecule has 0 aliphatic heterocycles. The van der Waals surface area contributed by atoms with E-state index in [0.29, 0.717) is 0 Å². The maximum absolute atomic E-state index is 10.5. The fourth-order valence-electron chi connectivity index (χ4n) is 0.721. The van der Waals surface area contributed by atoms with Gasteiger partial charge in [0.25, 0.3) is 0 Å². The van der Waals surface area contributed by atoms with E-state index in [9.17, 15) is 4.57 Å². The van der Waals surface area contributed by atoms with Crippen LogP contribution in [-0.2, 0) is 10.7 Å². The highest BCUT2D eigenvalue weighted by molar-refractivity contribution is 7.50. The van der Waals surface area contributed by atoms with Gasteiger partial charge in [-0.1, -0.05) is 0 Å². The van der Waals surface area contributed by atoms with E-state index in [0.717, 1.165) is 6.20 Å². The van der Waals surface area contributed by atoms with Crippen LogP contribution in [-0.4, -0.2) is 19.9 Å². The Morgan fingerprint density at radius 1 is 1.42 bits per heavy atom. The summed E-state index contributed by atoms with van der Waals surface area (Å²) in [6.07, 6.45) is 0.748. The highest BCUT2D eigenvalue weighted by Crippen LogP contribution is 2.38. The summed E-state index contributed by atoms with van der Waals surface area (Å²) in [6, 6.07) is 2.70. The summed E-state index contributed by atoms with van der Waals surface area (Å²) in [7, 11) is -4.05. The van der Waals surface area contributed by atoms with Crippen molar-refractivity contribution in [1.82, 2.24) is 4.98 Å². The molecule has 1 aromatic heterocycles. The van der Waals surface area contributed by atoms with Crippen LogP contribution in [0.4, 0.5) is 0 Å². The zero-order valence-electron chi connectivity index (χ0n) is 6.08. The van der Waals surface area contributed by atoms with Gasteiger partial charge in [-0.05, 0) is 12.1 Å². The van der Waals surface area contributed by atoms with E-state index in [2.05, 4.69) is 4.98 Å². The second kappa shape index (κ2) is 3.23. The molecule has 0 spiro atoms. The fourth-order valence-corrected chi connectivity index (χ4v) is 1.33. The van der Waals surface area contributed by atoms with Gasteiger partial charge in [0.1, 0.15) is 5.75 Å². The number of nitrogens with zero attached hydrogens (tertiary/aromatic N) is 1. The molecule has 0 radical (unpaired) electrons. The maximum atomic E-state index is 10.5. The summed E-state index contributed by atoms with van der Waals surface area (Å²) in [5, 5.41) is 8.80. The molecule has 6 heteroatoms. The van der Waals surface area contributed by atoms with Crippen molar-refractivity contribution >= 4 is 7.60 Å². The Morgan fingerprint density at radius 3 is 2.50 bits per heavy atom. The number of rotatable bonds is 2. The van der Waals surface area contributed by atoms with Crippen LogP contribution in [0.3, 0.4) is 0 Å². The van der Waals surface area contributed by atoms with Crippen LogP contribution >= 0.6 is 7.60 Å². The van der Waals surface area contributed by atoms with Gasteiger partial charge in [-0.15, -0.1) is 0 Å². The van der Waals surface area contributed by atoms with E-state index in [-0.39, 0.29) is 11.4 Å². The molecule has 1 heterocycles. The van der Waals surface area contributed by atoms with E-state index in [1.807, 2.05) is 0 Å². The van der Waals surface area contributed by atoms with Gasteiger partial charge in [0.05, 0.1) is 18.1 Å². The van der Waals surface area contributed by atoms with E-state index in [1.54, 1.807) is 0 Å². The van der Waals surface area contributed by atoms with Gasteiger partial charge in [0.15, 0.2) is 0 Å². The minimum atomic E-state index is -4.05. The lowest BCUT2D eigenvalue weighted by atomic mass is 10.4. The molecule has 0 unspecified atom stereocenters. The molecule has 1 aromatic rings. The summed E-state index contributed by atoms with van der Waals surface area (Å²) in [5.74, 6) is -0.0236. The van der Waals surface area contributed by atoms with Crippen LogP contribution in [0.2, 0.25) is 0 Å². The molecule has 1 rings (SSSR count). The predicted octanol–water partition coefficient (Wildman–Crippen LogP) is 0.465. The molecule has 0 amide bonds. The van der Waals surface area contributed by atoms with Gasteiger partial charge in [-0.3, -0.25) is 9.55 Å². The second-order valence-corrected chi connectivity index (χ2v) is 3.98. The molecule has 0 atom stereocenters. The minimum absolute atomic E-state index is 0.0236. The van der Waals surface area contributed by atoms with Gasteiger partial charge in [0.2, 0.25) is 0 Å². The molecule has 0 bridgehead atoms. The van der Waals surface area contributed by atoms with Crippen molar-refractivity contribution in [2.45, 2.75) is 6.16 Å². The molecule has 0 fully saturated rings. The van der Waals surface area contributed by atoms with Crippen molar-refractivity contribution in [3.05, 3.63) is 24.0 Å². The number of hydrogen-bond donors (Lipinski definition) is 3. The van der Waals surface area contributed by atoms with Crippen molar-refractivity contribution in [3.63, 3.8) is 0 Å². The van der Waals surface area contributed by atoms with Crippen molar-refractivity contribution < 1.29 is 19.5 Å². The zero-order chi connectivity index (χ0) is 9.19. The van der Waals surface area contributed by atoms with E-state index in [1.165, 1.54) is 12.1 Å². The summed E-state index contributed by atoms with van der Waals surface area (Å²) >= 11 is 0. The third kappa shape index (κ3) is 3.00. The van der Waals surface area contributed by atoms with Gasteiger partial charge in [-0.25, -0.2) is 0 Å². The number of pyridine rings is 1. The molecule has 0 aliphatic carbocycles. The Bertz CT molecular complexity index is 304. The third-order valence-electron chi connectivity index (χ3n) is 1.18. The van der Waals surface area contributed by atoms with Crippen LogP contribution in [0.5, 0.6) is 5.75 Å². The van der Waals surface area contributed by atoms with Gasteiger partial charge in [0, 0.05) is 0 Å². The fraction of sp³-hybridized carbons (Fsp3) is 0.167. The molecule has 3 N–H and O–H groups in total. The monoisotopic (exact) mass is 189 g/mol. The first-order chi connectivity index (χ1) is 5.47. The first-order valence-electron chi connectivity index (χ1n) is 3.16. The van der Waals surface area contributed by atoms with Crippen molar-refractivity contribution in [2.24, 2.45) is 0 Å². The van der Waals surface area contributed by atoms with Gasteiger partial charge >= 0.3 is 7.60 Å². The summed E-state index contributed by atoms with van der Waals surface area (Å²) in [6.45, 7) is 0. The lowest BCUT2D eigenvalue weighted by Gasteiger charge is -2.01. The predicted molar refractivity (Wildman–Crippen MR) is 41.6 cm³/mol. The molecular formula is C6H8NO4P. The highest BCUT2D eigenvalue weighted by atomic mass is 31.2. The lowest BCUT2D eigenvalue weighted by molar-refractivity contribution is 0.371. The molecule has 12 heavy (non-hydrogen) atoms. The molecule has 0 aliphatic rings. The van der Waals surface area contributed by atoms with Gasteiger partial charge < -0.3 is 14.9 Å². The number of aromatic nitrogens is 1. The molecule has 66 valence electrons. The summed E-state index contributed by atoms with van der Waals surface area (Å²) in [4.78, 5) is 20.7. The molecule has 0 saturated carbocycles. The Hall–Kier alpha value is -0.900. The van der Waals surface area contributed by atoms with Crippen LogP contribution in [0.15, 0.2) is 18.3 Å². The number of hydrogen-bond acceptors (Lipinski definition) is 3. The topological polar surface area (TPSA) is 90.7 Å². The van der Waals surface area contributed by atoms with Crippen molar-refractivity contribution in [3.8, 4) is 5.75 Å². The molecule has 0 saturated heterocycles. The van der Waals surface area contributed by atoms with Crippen molar-refractivity contribution in [1.29, 1.82) is 0 Å². The third-order valence-corrected chi connectivity index (χ3v) is 1.91. The quantitative estimate of drug-likeness (QED) is 0.588. The van der Waals surface area contributed by atoms with E-state index < -0.39 is 13.8 Å². The maximum Gasteiger partial charge on any atom is 0.331 e. The Balaban J connectivity index is 2.78. The zero-order valence-corrected chi connectivity index (χ0v) is 6.98. The lowest BCUT2D eigenvalue weighted by Crippen LogP contribution is -1.89. The largest absolute Gasteiger partial charge is 0.506 e. The van der Waals surface area contributed by atoms with E-state index in [4.69, 9.17) is 14.9 Å². The smallest absolute Gasteiger partial charge is 0.331 e. The van der Waals surface area contributed by atoms with Crippen LogP contribution in [0.1, 0.15) is 5.69 Å². The second-order valence-electron chi connectivity index (χ2n) is 2.33. The normalized spacial score (nSPS) is 11.5. The van der Waals surface area contributed by atoms with Crippen LogP contribution < -0.4 is 0 Å². The van der Waals surface area contributed by atoms with Gasteiger partial charge in [-0.2, -0.15) is 0 Å².